The highest BCUT2D eigenvalue weighted by Crippen LogP contribution is 2.28. The summed E-state index contributed by atoms with van der Waals surface area (Å²) in [7, 11) is 1.82. The number of rotatable bonds is 4. The molecule has 0 spiro atoms. The van der Waals surface area contributed by atoms with Crippen molar-refractivity contribution in [2.24, 2.45) is 4.99 Å². The van der Waals surface area contributed by atoms with Gasteiger partial charge in [-0.05, 0) is 47.3 Å². The molecule has 8 heteroatoms. The molecule has 2 aromatic rings. The van der Waals surface area contributed by atoms with Gasteiger partial charge in [0.05, 0.1) is 12.2 Å². The molecule has 1 saturated heterocycles. The van der Waals surface area contributed by atoms with Gasteiger partial charge in [0.15, 0.2) is 11.8 Å². The lowest BCUT2D eigenvalue weighted by Gasteiger charge is -2.21. The predicted molar refractivity (Wildman–Crippen MR) is 116 cm³/mol. The van der Waals surface area contributed by atoms with Crippen LogP contribution in [0.4, 0.5) is 5.69 Å². The van der Waals surface area contributed by atoms with Crippen molar-refractivity contribution < 1.29 is 0 Å². The minimum Gasteiger partial charge on any atom is -0.368 e. The molecule has 1 fully saturated rings. The van der Waals surface area contributed by atoms with Crippen LogP contribution in [0.15, 0.2) is 33.7 Å². The maximum absolute atomic E-state index is 4.41. The van der Waals surface area contributed by atoms with Gasteiger partial charge in [-0.3, -0.25) is 4.99 Å². The lowest BCUT2D eigenvalue weighted by Crippen LogP contribution is -2.44. The molecule has 2 aliphatic heterocycles. The van der Waals surface area contributed by atoms with Crippen molar-refractivity contribution in [2.45, 2.75) is 51.2 Å². The second kappa shape index (κ2) is 8.94. The molecule has 3 heterocycles. The SMILES string of the molecule is CN=C(NCc1nnc2n1CCCCC2)NC1CCN(c2ccccc2Br)C1. The van der Waals surface area contributed by atoms with E-state index in [2.05, 4.69) is 75.5 Å². The van der Waals surface area contributed by atoms with Crippen LogP contribution >= 0.6 is 15.9 Å². The summed E-state index contributed by atoms with van der Waals surface area (Å²) < 4.78 is 3.42. The number of anilines is 1. The van der Waals surface area contributed by atoms with Crippen molar-refractivity contribution in [1.29, 1.82) is 0 Å². The van der Waals surface area contributed by atoms with Gasteiger partial charge in [0.2, 0.25) is 0 Å². The van der Waals surface area contributed by atoms with Crippen LogP contribution < -0.4 is 15.5 Å². The summed E-state index contributed by atoms with van der Waals surface area (Å²) >= 11 is 3.66. The fourth-order valence-electron chi connectivity index (χ4n) is 4.03. The highest BCUT2D eigenvalue weighted by atomic mass is 79.9. The molecule has 0 saturated carbocycles. The first-order chi connectivity index (χ1) is 13.7. The summed E-state index contributed by atoms with van der Waals surface area (Å²) in [4.78, 5) is 6.82. The zero-order chi connectivity index (χ0) is 19.3. The highest BCUT2D eigenvalue weighted by molar-refractivity contribution is 9.10. The second-order valence-electron chi connectivity index (χ2n) is 7.45. The molecule has 0 aliphatic carbocycles. The van der Waals surface area contributed by atoms with E-state index in [4.69, 9.17) is 0 Å². The van der Waals surface area contributed by atoms with Crippen molar-refractivity contribution in [3.63, 3.8) is 0 Å². The maximum Gasteiger partial charge on any atom is 0.191 e. The Labute approximate surface area is 174 Å². The van der Waals surface area contributed by atoms with Crippen LogP contribution in [-0.4, -0.2) is 46.9 Å². The van der Waals surface area contributed by atoms with Crippen LogP contribution in [0.2, 0.25) is 0 Å². The summed E-state index contributed by atoms with van der Waals surface area (Å²) in [6.07, 6.45) is 5.81. The monoisotopic (exact) mass is 445 g/mol. The number of aryl methyl sites for hydroxylation is 1. The molecule has 28 heavy (non-hydrogen) atoms. The number of aromatic nitrogens is 3. The number of fused-ring (bicyclic) bond motifs is 1. The Morgan fingerprint density at radius 1 is 1.21 bits per heavy atom. The Kier molecular flexibility index (Phi) is 6.14. The van der Waals surface area contributed by atoms with E-state index in [1.54, 1.807) is 0 Å². The Hall–Kier alpha value is -2.09. The summed E-state index contributed by atoms with van der Waals surface area (Å²) in [6, 6.07) is 8.77. The fraction of sp³-hybridized carbons (Fsp3) is 0.550. The number of guanidine groups is 1. The van der Waals surface area contributed by atoms with Gasteiger partial charge in [0.1, 0.15) is 5.82 Å². The Morgan fingerprint density at radius 3 is 2.96 bits per heavy atom. The molecule has 2 N–H and O–H groups in total. The van der Waals surface area contributed by atoms with Gasteiger partial charge in [-0.2, -0.15) is 0 Å². The molecule has 0 amide bonds. The van der Waals surface area contributed by atoms with Crippen molar-refractivity contribution >= 4 is 27.6 Å². The van der Waals surface area contributed by atoms with E-state index in [1.807, 2.05) is 7.05 Å². The number of benzene rings is 1. The van der Waals surface area contributed by atoms with Crippen LogP contribution in [0.3, 0.4) is 0 Å². The van der Waals surface area contributed by atoms with Crippen molar-refractivity contribution in [3.8, 4) is 0 Å². The molecule has 1 unspecified atom stereocenters. The van der Waals surface area contributed by atoms with E-state index in [-0.39, 0.29) is 0 Å². The van der Waals surface area contributed by atoms with E-state index in [0.717, 1.165) is 54.6 Å². The number of nitrogens with zero attached hydrogens (tertiary/aromatic N) is 5. The van der Waals surface area contributed by atoms with Crippen molar-refractivity contribution in [3.05, 3.63) is 40.4 Å². The van der Waals surface area contributed by atoms with Crippen LogP contribution in [0.25, 0.3) is 0 Å². The molecule has 2 aliphatic rings. The molecule has 1 aromatic carbocycles. The van der Waals surface area contributed by atoms with Crippen molar-refractivity contribution in [1.82, 2.24) is 25.4 Å². The molecule has 1 aromatic heterocycles. The average molecular weight is 446 g/mol. The zero-order valence-electron chi connectivity index (χ0n) is 16.4. The minimum atomic E-state index is 0.369. The third kappa shape index (κ3) is 4.32. The third-order valence-electron chi connectivity index (χ3n) is 5.55. The summed E-state index contributed by atoms with van der Waals surface area (Å²) in [5, 5.41) is 15.8. The van der Waals surface area contributed by atoms with Gasteiger partial charge in [-0.25, -0.2) is 0 Å². The Balaban J connectivity index is 1.32. The minimum absolute atomic E-state index is 0.369. The maximum atomic E-state index is 4.41. The standard InChI is InChI=1S/C20H28BrN7/c1-22-20(23-13-19-26-25-18-9-3-2-6-11-28(18)19)24-15-10-12-27(14-15)17-8-5-4-7-16(17)21/h4-5,7-8,15H,2-3,6,9-14H2,1H3,(H2,22,23,24). The Morgan fingerprint density at radius 2 is 2.11 bits per heavy atom. The summed E-state index contributed by atoms with van der Waals surface area (Å²) in [5.74, 6) is 2.95. The van der Waals surface area contributed by atoms with Gasteiger partial charge < -0.3 is 20.1 Å². The molecule has 1 atom stereocenters. The number of para-hydroxylation sites is 1. The van der Waals surface area contributed by atoms with Crippen LogP contribution in [0, 0.1) is 0 Å². The van der Waals surface area contributed by atoms with Crippen LogP contribution in [0.1, 0.15) is 37.3 Å². The average Bonchev–Trinajstić information content (AvgIpc) is 3.25. The molecule has 0 radical (unpaired) electrons. The van der Waals surface area contributed by atoms with E-state index in [9.17, 15) is 0 Å². The van der Waals surface area contributed by atoms with E-state index >= 15 is 0 Å². The largest absolute Gasteiger partial charge is 0.368 e. The van der Waals surface area contributed by atoms with E-state index in [1.165, 1.54) is 24.9 Å². The van der Waals surface area contributed by atoms with Gasteiger partial charge in [-0.15, -0.1) is 10.2 Å². The second-order valence-corrected chi connectivity index (χ2v) is 8.30. The van der Waals surface area contributed by atoms with Crippen LogP contribution in [0.5, 0.6) is 0 Å². The topological polar surface area (TPSA) is 70.4 Å². The molecule has 7 nitrogen and oxygen atoms in total. The molecular formula is C20H28BrN7. The van der Waals surface area contributed by atoms with E-state index < -0.39 is 0 Å². The first-order valence-corrected chi connectivity index (χ1v) is 10.9. The van der Waals surface area contributed by atoms with Crippen LogP contribution in [-0.2, 0) is 19.5 Å². The van der Waals surface area contributed by atoms with Gasteiger partial charge in [0, 0.05) is 43.6 Å². The number of hydrogen-bond acceptors (Lipinski definition) is 4. The summed E-state index contributed by atoms with van der Waals surface area (Å²) in [5.41, 5.74) is 1.25. The first kappa shape index (κ1) is 19.2. The zero-order valence-corrected chi connectivity index (χ0v) is 18.0. The Bertz CT molecular complexity index is 832. The quantitative estimate of drug-likeness (QED) is 0.559. The normalized spacial score (nSPS) is 20.0. The number of halogens is 1. The van der Waals surface area contributed by atoms with Gasteiger partial charge >= 0.3 is 0 Å². The predicted octanol–water partition coefficient (Wildman–Crippen LogP) is 2.71. The number of hydrogen-bond donors (Lipinski definition) is 2. The first-order valence-electron chi connectivity index (χ1n) is 10.1. The lowest BCUT2D eigenvalue weighted by atomic mass is 10.2. The van der Waals surface area contributed by atoms with Gasteiger partial charge in [-0.1, -0.05) is 18.6 Å². The number of aliphatic imine (C=N–C) groups is 1. The molecule has 0 bridgehead atoms. The molecule has 4 rings (SSSR count). The lowest BCUT2D eigenvalue weighted by molar-refractivity contribution is 0.591. The summed E-state index contributed by atoms with van der Waals surface area (Å²) in [6.45, 7) is 3.67. The van der Waals surface area contributed by atoms with Crippen molar-refractivity contribution in [2.75, 3.05) is 25.0 Å². The number of nitrogens with one attached hydrogen (secondary N) is 2. The third-order valence-corrected chi connectivity index (χ3v) is 6.22. The van der Waals surface area contributed by atoms with Gasteiger partial charge in [0.25, 0.3) is 0 Å². The van der Waals surface area contributed by atoms with E-state index in [0.29, 0.717) is 12.6 Å². The fourth-order valence-corrected chi connectivity index (χ4v) is 4.57. The molecule has 150 valence electrons. The molecular weight excluding hydrogens is 418 g/mol. The highest BCUT2D eigenvalue weighted by Gasteiger charge is 2.24. The smallest absolute Gasteiger partial charge is 0.191 e.